The summed E-state index contributed by atoms with van der Waals surface area (Å²) < 4.78 is 5.25. The monoisotopic (exact) mass is 570 g/mol. The van der Waals surface area contributed by atoms with Crippen LogP contribution in [0.3, 0.4) is 0 Å². The zero-order chi connectivity index (χ0) is 29.0. The molecule has 0 atom stereocenters. The molecule has 0 saturated carbocycles. The van der Waals surface area contributed by atoms with E-state index in [0.717, 1.165) is 17.7 Å². The summed E-state index contributed by atoms with van der Waals surface area (Å²) in [5.41, 5.74) is 4.57. The van der Waals surface area contributed by atoms with Gasteiger partial charge in [0.05, 0.1) is 13.2 Å². The number of methoxy groups -OCH3 is 1. The van der Waals surface area contributed by atoms with Crippen LogP contribution in [-0.2, 0) is 24.2 Å². The fraction of sp³-hybridized carbons (Fsp3) is 0.303. The molecule has 0 spiro atoms. The standard InChI is InChI=1S/C33H38N4O3S/c1-25(2)28-14-16-29(17-15-28)34-33(39)37(20-21-40-3)23-31-35-30(24-41-31)32(38)36(22-27-12-8-5-9-13-27)19-18-26-10-6-4-7-11-26/h4-17,24-25H,18-23H2,1-3H3,(H,34,39). The topological polar surface area (TPSA) is 74.8 Å². The molecule has 214 valence electrons. The van der Waals surface area contributed by atoms with Gasteiger partial charge in [-0.3, -0.25) is 4.79 Å². The summed E-state index contributed by atoms with van der Waals surface area (Å²) in [7, 11) is 1.61. The average molecular weight is 571 g/mol. The van der Waals surface area contributed by atoms with Crippen molar-refractivity contribution in [1.82, 2.24) is 14.8 Å². The number of nitrogens with zero attached hydrogens (tertiary/aromatic N) is 3. The highest BCUT2D eigenvalue weighted by Crippen LogP contribution is 2.20. The van der Waals surface area contributed by atoms with Crippen molar-refractivity contribution in [3.63, 3.8) is 0 Å². The molecule has 41 heavy (non-hydrogen) atoms. The molecular formula is C33H38N4O3S. The van der Waals surface area contributed by atoms with Gasteiger partial charge in [0.2, 0.25) is 0 Å². The smallest absolute Gasteiger partial charge is 0.322 e. The van der Waals surface area contributed by atoms with Gasteiger partial charge in [-0.1, -0.05) is 86.6 Å². The molecule has 0 saturated heterocycles. The van der Waals surface area contributed by atoms with Gasteiger partial charge >= 0.3 is 6.03 Å². The summed E-state index contributed by atoms with van der Waals surface area (Å²) in [6.07, 6.45) is 0.750. The van der Waals surface area contributed by atoms with Crippen LogP contribution >= 0.6 is 11.3 Å². The molecule has 0 aliphatic heterocycles. The number of thiazole rings is 1. The number of amides is 3. The third kappa shape index (κ3) is 8.99. The molecule has 4 rings (SSSR count). The molecule has 8 heteroatoms. The maximum absolute atomic E-state index is 13.6. The molecule has 0 radical (unpaired) electrons. The van der Waals surface area contributed by atoms with E-state index in [0.29, 0.717) is 42.9 Å². The number of carbonyl (C=O) groups excluding carboxylic acids is 2. The highest BCUT2D eigenvalue weighted by molar-refractivity contribution is 7.09. The van der Waals surface area contributed by atoms with Gasteiger partial charge in [-0.25, -0.2) is 9.78 Å². The van der Waals surface area contributed by atoms with Crippen LogP contribution in [-0.4, -0.2) is 53.5 Å². The lowest BCUT2D eigenvalue weighted by Gasteiger charge is -2.23. The van der Waals surface area contributed by atoms with Crippen LogP contribution in [0.5, 0.6) is 0 Å². The predicted molar refractivity (Wildman–Crippen MR) is 165 cm³/mol. The lowest BCUT2D eigenvalue weighted by Crippen LogP contribution is -2.37. The first-order valence-corrected chi connectivity index (χ1v) is 14.8. The number of hydrogen-bond acceptors (Lipinski definition) is 5. The van der Waals surface area contributed by atoms with Gasteiger partial charge in [-0.15, -0.1) is 11.3 Å². The second-order valence-corrected chi connectivity index (χ2v) is 11.1. The summed E-state index contributed by atoms with van der Waals surface area (Å²) in [4.78, 5) is 35.0. The van der Waals surface area contributed by atoms with Crippen molar-refractivity contribution < 1.29 is 14.3 Å². The van der Waals surface area contributed by atoms with Crippen LogP contribution in [0.25, 0.3) is 0 Å². The summed E-state index contributed by atoms with van der Waals surface area (Å²) in [6, 6.07) is 27.8. The lowest BCUT2D eigenvalue weighted by atomic mass is 10.0. The number of aromatic nitrogens is 1. The quantitative estimate of drug-likeness (QED) is 0.191. The van der Waals surface area contributed by atoms with Crippen LogP contribution in [0.1, 0.15) is 52.0 Å². The van der Waals surface area contributed by atoms with Crippen molar-refractivity contribution >= 4 is 29.0 Å². The first-order chi connectivity index (χ1) is 19.9. The number of anilines is 1. The summed E-state index contributed by atoms with van der Waals surface area (Å²) in [5, 5.41) is 5.46. The minimum absolute atomic E-state index is 0.120. The van der Waals surface area contributed by atoms with Gasteiger partial charge in [0.1, 0.15) is 10.7 Å². The third-order valence-electron chi connectivity index (χ3n) is 6.79. The first kappa shape index (κ1) is 30.0. The molecule has 4 aromatic rings. The molecule has 1 N–H and O–H groups in total. The van der Waals surface area contributed by atoms with E-state index in [1.54, 1.807) is 17.4 Å². The first-order valence-electron chi connectivity index (χ1n) is 13.9. The molecule has 0 aliphatic rings. The molecular weight excluding hydrogens is 532 g/mol. The molecule has 0 unspecified atom stereocenters. The van der Waals surface area contributed by atoms with Gasteiger partial charge < -0.3 is 19.9 Å². The lowest BCUT2D eigenvalue weighted by molar-refractivity contribution is 0.0739. The number of urea groups is 1. The Labute approximate surface area is 246 Å². The van der Waals surface area contributed by atoms with Crippen LogP contribution in [0, 0.1) is 0 Å². The predicted octanol–water partition coefficient (Wildman–Crippen LogP) is 6.83. The zero-order valence-corrected chi connectivity index (χ0v) is 24.8. The molecule has 0 aliphatic carbocycles. The number of ether oxygens (including phenoxy) is 1. The minimum Gasteiger partial charge on any atom is -0.383 e. The van der Waals surface area contributed by atoms with Gasteiger partial charge in [0.15, 0.2) is 0 Å². The van der Waals surface area contributed by atoms with Crippen molar-refractivity contribution in [3.05, 3.63) is 118 Å². The van der Waals surface area contributed by atoms with E-state index in [2.05, 4.69) is 36.3 Å². The Bertz CT molecular complexity index is 1370. The fourth-order valence-electron chi connectivity index (χ4n) is 4.38. The average Bonchev–Trinajstić information content (AvgIpc) is 3.47. The Balaban J connectivity index is 1.45. The number of carbonyl (C=O) groups is 2. The van der Waals surface area contributed by atoms with Gasteiger partial charge in [-0.05, 0) is 41.2 Å². The number of rotatable bonds is 13. The molecule has 7 nitrogen and oxygen atoms in total. The zero-order valence-electron chi connectivity index (χ0n) is 24.0. The normalized spacial score (nSPS) is 10.9. The summed E-state index contributed by atoms with van der Waals surface area (Å²) >= 11 is 1.39. The van der Waals surface area contributed by atoms with Gasteiger partial charge in [0.25, 0.3) is 5.91 Å². The van der Waals surface area contributed by atoms with E-state index in [1.165, 1.54) is 22.5 Å². The second-order valence-electron chi connectivity index (χ2n) is 10.2. The third-order valence-corrected chi connectivity index (χ3v) is 7.63. The van der Waals surface area contributed by atoms with Gasteiger partial charge in [0, 0.05) is 37.8 Å². The van der Waals surface area contributed by atoms with E-state index in [9.17, 15) is 9.59 Å². The Hall–Kier alpha value is -4.01. The maximum atomic E-state index is 13.6. The molecule has 0 bridgehead atoms. The highest BCUT2D eigenvalue weighted by atomic mass is 32.1. The van der Waals surface area contributed by atoms with Crippen LogP contribution in [0.4, 0.5) is 10.5 Å². The Morgan fingerprint density at radius 1 is 0.854 bits per heavy atom. The SMILES string of the molecule is COCCN(Cc1nc(C(=O)N(CCc2ccccc2)Cc2ccccc2)cs1)C(=O)Nc1ccc(C(C)C)cc1. The van der Waals surface area contributed by atoms with Crippen molar-refractivity contribution in [1.29, 1.82) is 0 Å². The van der Waals surface area contributed by atoms with E-state index in [-0.39, 0.29) is 18.5 Å². The Morgan fingerprint density at radius 3 is 2.15 bits per heavy atom. The van der Waals surface area contributed by atoms with E-state index in [4.69, 9.17) is 4.74 Å². The number of nitrogens with one attached hydrogen (secondary N) is 1. The van der Waals surface area contributed by atoms with Crippen molar-refractivity contribution in [2.75, 3.05) is 32.1 Å². The fourth-order valence-corrected chi connectivity index (χ4v) is 5.16. The second kappa shape index (κ2) is 15.1. The summed E-state index contributed by atoms with van der Waals surface area (Å²) in [5.74, 6) is 0.298. The van der Waals surface area contributed by atoms with Crippen molar-refractivity contribution in [2.45, 2.75) is 39.3 Å². The van der Waals surface area contributed by atoms with E-state index in [1.807, 2.05) is 77.7 Å². The largest absolute Gasteiger partial charge is 0.383 e. The van der Waals surface area contributed by atoms with Gasteiger partial charge in [-0.2, -0.15) is 0 Å². The van der Waals surface area contributed by atoms with Crippen molar-refractivity contribution in [2.24, 2.45) is 0 Å². The van der Waals surface area contributed by atoms with Crippen LogP contribution in [0.2, 0.25) is 0 Å². The molecule has 1 heterocycles. The minimum atomic E-state index is -0.240. The molecule has 3 amide bonds. The van der Waals surface area contributed by atoms with Crippen molar-refractivity contribution in [3.8, 4) is 0 Å². The Morgan fingerprint density at radius 2 is 1.51 bits per heavy atom. The van der Waals surface area contributed by atoms with Crippen LogP contribution in [0.15, 0.2) is 90.3 Å². The number of benzene rings is 3. The van der Waals surface area contributed by atoms with E-state index < -0.39 is 0 Å². The number of hydrogen-bond donors (Lipinski definition) is 1. The van der Waals surface area contributed by atoms with E-state index >= 15 is 0 Å². The van der Waals surface area contributed by atoms with Crippen LogP contribution < -0.4 is 5.32 Å². The maximum Gasteiger partial charge on any atom is 0.322 e. The molecule has 3 aromatic carbocycles. The molecule has 0 fully saturated rings. The molecule has 1 aromatic heterocycles. The Kier molecular flexibility index (Phi) is 11.0. The highest BCUT2D eigenvalue weighted by Gasteiger charge is 2.21. The summed E-state index contributed by atoms with van der Waals surface area (Å²) in [6.45, 7) is 6.40.